The van der Waals surface area contributed by atoms with Gasteiger partial charge in [0.15, 0.2) is 5.60 Å². The molecule has 1 heterocycles. The molecule has 0 amide bonds. The molecule has 1 aromatic heterocycles. The van der Waals surface area contributed by atoms with Crippen LogP contribution in [0.4, 0.5) is 0 Å². The first-order valence-corrected chi connectivity index (χ1v) is 13.9. The molecule has 38 heavy (non-hydrogen) atoms. The second-order valence-electron chi connectivity index (χ2n) is 11.0. The van der Waals surface area contributed by atoms with Gasteiger partial charge in [0.25, 0.3) is 0 Å². The maximum atomic E-state index is 12.1. The van der Waals surface area contributed by atoms with Gasteiger partial charge >= 0.3 is 5.97 Å². The first kappa shape index (κ1) is 28.1. The van der Waals surface area contributed by atoms with Crippen LogP contribution >= 0.6 is 0 Å². The van der Waals surface area contributed by atoms with Crippen molar-refractivity contribution in [2.24, 2.45) is 5.92 Å². The number of aryl methyl sites for hydroxylation is 1. The highest BCUT2D eigenvalue weighted by molar-refractivity contribution is 5.77. The van der Waals surface area contributed by atoms with E-state index < -0.39 is 11.6 Å². The third kappa shape index (κ3) is 7.12. The van der Waals surface area contributed by atoms with Crippen LogP contribution in [0.2, 0.25) is 0 Å². The van der Waals surface area contributed by atoms with Crippen LogP contribution in [-0.4, -0.2) is 34.4 Å². The van der Waals surface area contributed by atoms with Crippen LogP contribution in [0.5, 0.6) is 0 Å². The molecule has 0 saturated heterocycles. The zero-order valence-corrected chi connectivity index (χ0v) is 23.1. The molecule has 0 bridgehead atoms. The van der Waals surface area contributed by atoms with Crippen LogP contribution < -0.4 is 0 Å². The summed E-state index contributed by atoms with van der Waals surface area (Å²) in [6, 6.07) is 18.1. The lowest BCUT2D eigenvalue weighted by Gasteiger charge is -2.32. The fourth-order valence-corrected chi connectivity index (χ4v) is 5.12. The summed E-state index contributed by atoms with van der Waals surface area (Å²) in [4.78, 5) is 16.8. The van der Waals surface area contributed by atoms with Crippen molar-refractivity contribution in [3.05, 3.63) is 77.2 Å². The molecule has 1 fully saturated rings. The van der Waals surface area contributed by atoms with Crippen molar-refractivity contribution in [1.82, 2.24) is 4.98 Å². The zero-order chi connectivity index (χ0) is 27.1. The highest BCUT2D eigenvalue weighted by Gasteiger charge is 2.36. The molecule has 1 N–H and O–H groups in total. The standard InChI is InChI=1S/C32H41NO5/c1-5-29-28(33-30(38-29)26-16-14-25(15-17-26)22(2)3)21-36-27-13-9-12-24(18-27)20-37-32(4,31(34)35)19-23-10-7-6-8-11-23/h6-8,10-11,14-17,22,24,27H,5,9,12-13,18-21H2,1-4H3,(H,34,35)/t24?,27-,32?/m0/s1. The van der Waals surface area contributed by atoms with Crippen LogP contribution in [-0.2, 0) is 33.7 Å². The van der Waals surface area contributed by atoms with Crippen molar-refractivity contribution in [1.29, 1.82) is 0 Å². The molecule has 3 aromatic rings. The quantitative estimate of drug-likeness (QED) is 0.272. The van der Waals surface area contributed by atoms with Gasteiger partial charge in [-0.1, -0.05) is 69.7 Å². The van der Waals surface area contributed by atoms with E-state index in [1.165, 1.54) is 5.56 Å². The Labute approximate surface area is 226 Å². The molecule has 1 aliphatic rings. The molecule has 1 saturated carbocycles. The molecule has 0 radical (unpaired) electrons. The molecule has 2 aromatic carbocycles. The van der Waals surface area contributed by atoms with Crippen molar-refractivity contribution in [2.45, 2.75) is 90.4 Å². The number of benzene rings is 2. The highest BCUT2D eigenvalue weighted by Crippen LogP contribution is 2.31. The molecular formula is C32H41NO5. The lowest BCUT2D eigenvalue weighted by atomic mass is 9.87. The summed E-state index contributed by atoms with van der Waals surface area (Å²) in [6.45, 7) is 8.93. The van der Waals surface area contributed by atoms with Crippen molar-refractivity contribution >= 4 is 5.97 Å². The molecule has 3 atom stereocenters. The minimum absolute atomic E-state index is 0.0951. The van der Waals surface area contributed by atoms with E-state index >= 15 is 0 Å². The molecule has 2 unspecified atom stereocenters. The number of oxazole rings is 1. The largest absolute Gasteiger partial charge is 0.479 e. The number of rotatable bonds is 12. The van der Waals surface area contributed by atoms with Crippen molar-refractivity contribution in [2.75, 3.05) is 6.61 Å². The van der Waals surface area contributed by atoms with E-state index in [9.17, 15) is 9.90 Å². The first-order chi connectivity index (χ1) is 18.3. The van der Waals surface area contributed by atoms with E-state index in [0.717, 1.165) is 54.7 Å². The summed E-state index contributed by atoms with van der Waals surface area (Å²) >= 11 is 0. The SMILES string of the molecule is CCc1oc(-c2ccc(C(C)C)cc2)nc1CO[C@H]1CCCC(COC(C)(Cc2ccccc2)C(=O)O)C1. The second kappa shape index (κ2) is 12.7. The lowest BCUT2D eigenvalue weighted by Crippen LogP contribution is -2.42. The van der Waals surface area contributed by atoms with Crippen LogP contribution in [0.1, 0.15) is 81.9 Å². The number of carbonyl (C=O) groups is 1. The molecule has 204 valence electrons. The average Bonchev–Trinajstić information content (AvgIpc) is 3.35. The van der Waals surface area contributed by atoms with Crippen LogP contribution in [0.15, 0.2) is 59.0 Å². The Kier molecular flexibility index (Phi) is 9.40. The van der Waals surface area contributed by atoms with Gasteiger partial charge in [-0.3, -0.25) is 0 Å². The van der Waals surface area contributed by atoms with Gasteiger partial charge in [0.1, 0.15) is 11.5 Å². The summed E-state index contributed by atoms with van der Waals surface area (Å²) in [6.07, 6.45) is 5.08. The number of carboxylic acid groups (broad SMARTS) is 1. The highest BCUT2D eigenvalue weighted by atomic mass is 16.5. The van der Waals surface area contributed by atoms with E-state index in [1.807, 2.05) is 30.3 Å². The van der Waals surface area contributed by atoms with Gasteiger partial charge in [0.2, 0.25) is 5.89 Å². The molecule has 0 aliphatic heterocycles. The summed E-state index contributed by atoms with van der Waals surface area (Å²) in [7, 11) is 0. The zero-order valence-electron chi connectivity index (χ0n) is 23.1. The Bertz CT molecular complexity index is 1170. The Hall–Kier alpha value is -2.96. The molecule has 0 spiro atoms. The van der Waals surface area contributed by atoms with Gasteiger partial charge in [0, 0.05) is 18.4 Å². The minimum atomic E-state index is -1.25. The Balaban J connectivity index is 1.33. The molecule has 1 aliphatic carbocycles. The van der Waals surface area contributed by atoms with Gasteiger partial charge in [0.05, 0.1) is 19.3 Å². The van der Waals surface area contributed by atoms with E-state index in [4.69, 9.17) is 18.9 Å². The van der Waals surface area contributed by atoms with E-state index in [2.05, 4.69) is 45.0 Å². The fourth-order valence-electron chi connectivity index (χ4n) is 5.12. The summed E-state index contributed by atoms with van der Waals surface area (Å²) in [5.74, 6) is 1.31. The van der Waals surface area contributed by atoms with Gasteiger partial charge in [-0.25, -0.2) is 9.78 Å². The third-order valence-electron chi connectivity index (χ3n) is 7.59. The number of aliphatic carboxylic acids is 1. The van der Waals surface area contributed by atoms with E-state index in [0.29, 0.717) is 31.4 Å². The van der Waals surface area contributed by atoms with Crippen molar-refractivity contribution in [3.63, 3.8) is 0 Å². The fraction of sp³-hybridized carbons (Fsp3) is 0.500. The number of hydrogen-bond acceptors (Lipinski definition) is 5. The maximum Gasteiger partial charge on any atom is 0.336 e. The predicted molar refractivity (Wildman–Crippen MR) is 148 cm³/mol. The van der Waals surface area contributed by atoms with Crippen LogP contribution in [0.3, 0.4) is 0 Å². The monoisotopic (exact) mass is 519 g/mol. The summed E-state index contributed by atoms with van der Waals surface area (Å²) in [5.41, 5.74) is 2.82. The van der Waals surface area contributed by atoms with Gasteiger partial charge < -0.3 is 19.0 Å². The van der Waals surface area contributed by atoms with E-state index in [1.54, 1.807) is 6.92 Å². The Morgan fingerprint density at radius 1 is 1.13 bits per heavy atom. The van der Waals surface area contributed by atoms with E-state index in [-0.39, 0.29) is 12.0 Å². The smallest absolute Gasteiger partial charge is 0.336 e. The Morgan fingerprint density at radius 2 is 1.87 bits per heavy atom. The lowest BCUT2D eigenvalue weighted by molar-refractivity contribution is -0.166. The molecule has 6 nitrogen and oxygen atoms in total. The van der Waals surface area contributed by atoms with Crippen molar-refractivity contribution < 1.29 is 23.8 Å². The number of aromatic nitrogens is 1. The second-order valence-corrected chi connectivity index (χ2v) is 11.0. The van der Waals surface area contributed by atoms with Crippen LogP contribution in [0, 0.1) is 5.92 Å². The maximum absolute atomic E-state index is 12.1. The van der Waals surface area contributed by atoms with Gasteiger partial charge in [-0.15, -0.1) is 0 Å². The molecular weight excluding hydrogens is 478 g/mol. The minimum Gasteiger partial charge on any atom is -0.479 e. The summed E-state index contributed by atoms with van der Waals surface area (Å²) < 4.78 is 18.5. The first-order valence-electron chi connectivity index (χ1n) is 13.9. The number of hydrogen-bond donors (Lipinski definition) is 1. The van der Waals surface area contributed by atoms with Crippen LogP contribution in [0.25, 0.3) is 11.5 Å². The molecule has 4 rings (SSSR count). The van der Waals surface area contributed by atoms with Gasteiger partial charge in [-0.2, -0.15) is 0 Å². The number of carboxylic acids is 1. The number of nitrogens with zero attached hydrogens (tertiary/aromatic N) is 1. The third-order valence-corrected chi connectivity index (χ3v) is 7.59. The average molecular weight is 520 g/mol. The molecule has 6 heteroatoms. The topological polar surface area (TPSA) is 81.8 Å². The number of ether oxygens (including phenoxy) is 2. The Morgan fingerprint density at radius 3 is 2.53 bits per heavy atom. The van der Waals surface area contributed by atoms with Gasteiger partial charge in [-0.05, 0) is 61.3 Å². The van der Waals surface area contributed by atoms with Crippen molar-refractivity contribution in [3.8, 4) is 11.5 Å². The predicted octanol–water partition coefficient (Wildman–Crippen LogP) is 7.21. The summed E-state index contributed by atoms with van der Waals surface area (Å²) in [5, 5.41) is 9.89. The normalized spacial score (nSPS) is 19.4.